The smallest absolute Gasteiger partial charge is 0.286 e. The molecule has 56 valence electrons. The van der Waals surface area contributed by atoms with Gasteiger partial charge in [-0.05, 0) is 6.42 Å². The van der Waals surface area contributed by atoms with E-state index in [1.807, 2.05) is 0 Å². The lowest BCUT2D eigenvalue weighted by Gasteiger charge is -2.25. The van der Waals surface area contributed by atoms with Gasteiger partial charge in [-0.25, -0.2) is 8.78 Å². The van der Waals surface area contributed by atoms with Gasteiger partial charge in [0.1, 0.15) is 12.5 Å². The Kier molecular flexibility index (Phi) is 1.86. The molecular formula is C6H7F2NO. The highest BCUT2D eigenvalue weighted by atomic mass is 19.3. The molecule has 1 fully saturated rings. The first kappa shape index (κ1) is 7.42. The topological polar surface area (TPSA) is 33.0 Å². The van der Waals surface area contributed by atoms with Crippen LogP contribution in [0.5, 0.6) is 0 Å². The maximum atomic E-state index is 12.5. The first-order valence-electron chi connectivity index (χ1n) is 3.02. The molecule has 0 amide bonds. The molecule has 1 rings (SSSR count). The van der Waals surface area contributed by atoms with Crippen LogP contribution in [0.2, 0.25) is 0 Å². The maximum Gasteiger partial charge on any atom is 0.286 e. The Morgan fingerprint density at radius 1 is 1.60 bits per heavy atom. The third kappa shape index (κ3) is 1.24. The summed E-state index contributed by atoms with van der Waals surface area (Å²) in [4.78, 5) is 0. The molecule has 0 spiro atoms. The molecule has 0 aromatic heterocycles. The number of hydrogen-bond donors (Lipinski definition) is 0. The number of nitriles is 1. The fourth-order valence-electron chi connectivity index (χ4n) is 0.880. The second-order valence-corrected chi connectivity index (χ2v) is 2.28. The Morgan fingerprint density at radius 2 is 2.30 bits per heavy atom. The molecule has 0 radical (unpaired) electrons. The van der Waals surface area contributed by atoms with Gasteiger partial charge in [-0.2, -0.15) is 5.26 Å². The lowest BCUT2D eigenvalue weighted by molar-refractivity contribution is -0.138. The van der Waals surface area contributed by atoms with Crippen LogP contribution in [-0.2, 0) is 4.74 Å². The van der Waals surface area contributed by atoms with E-state index in [-0.39, 0.29) is 13.0 Å². The van der Waals surface area contributed by atoms with Gasteiger partial charge in [0.25, 0.3) is 5.92 Å². The van der Waals surface area contributed by atoms with Crippen molar-refractivity contribution in [2.45, 2.75) is 12.3 Å². The Hall–Kier alpha value is -0.690. The van der Waals surface area contributed by atoms with Crippen LogP contribution in [0.1, 0.15) is 6.42 Å². The van der Waals surface area contributed by atoms with Crippen LogP contribution >= 0.6 is 0 Å². The first-order valence-corrected chi connectivity index (χ1v) is 3.02. The quantitative estimate of drug-likeness (QED) is 0.515. The Balaban J connectivity index is 2.62. The van der Waals surface area contributed by atoms with Crippen LogP contribution in [-0.4, -0.2) is 19.1 Å². The summed E-state index contributed by atoms with van der Waals surface area (Å²) in [5.41, 5.74) is 0. The minimum Gasteiger partial charge on any atom is -0.375 e. The summed E-state index contributed by atoms with van der Waals surface area (Å²) in [6.45, 7) is -0.334. The third-order valence-corrected chi connectivity index (χ3v) is 1.51. The van der Waals surface area contributed by atoms with Gasteiger partial charge in [0.05, 0.1) is 6.07 Å². The SMILES string of the molecule is N#CC1CCOCC1(F)F. The number of nitrogens with zero attached hydrogens (tertiary/aromatic N) is 1. The van der Waals surface area contributed by atoms with Crippen LogP contribution in [0.15, 0.2) is 0 Å². The van der Waals surface area contributed by atoms with Crippen molar-refractivity contribution in [3.05, 3.63) is 0 Å². The molecule has 0 aromatic carbocycles. The van der Waals surface area contributed by atoms with E-state index in [2.05, 4.69) is 4.74 Å². The standard InChI is InChI=1S/C6H7F2NO/c7-6(8)4-10-2-1-5(6)3-9/h5H,1-2,4H2. The molecule has 1 heterocycles. The second-order valence-electron chi connectivity index (χ2n) is 2.28. The molecule has 1 aliphatic heterocycles. The Morgan fingerprint density at radius 3 is 2.70 bits per heavy atom. The van der Waals surface area contributed by atoms with Crippen molar-refractivity contribution in [3.63, 3.8) is 0 Å². The number of halogens is 2. The summed E-state index contributed by atoms with van der Waals surface area (Å²) >= 11 is 0. The third-order valence-electron chi connectivity index (χ3n) is 1.51. The minimum absolute atomic E-state index is 0.142. The van der Waals surface area contributed by atoms with Crippen molar-refractivity contribution in [1.82, 2.24) is 0 Å². The van der Waals surface area contributed by atoms with Crippen LogP contribution in [0, 0.1) is 17.2 Å². The van der Waals surface area contributed by atoms with Gasteiger partial charge in [0, 0.05) is 6.61 Å². The van der Waals surface area contributed by atoms with Gasteiger partial charge in [-0.15, -0.1) is 0 Å². The number of rotatable bonds is 0. The van der Waals surface area contributed by atoms with Gasteiger partial charge in [-0.1, -0.05) is 0 Å². The second kappa shape index (κ2) is 2.51. The lowest BCUT2D eigenvalue weighted by Crippen LogP contribution is -2.37. The fourth-order valence-corrected chi connectivity index (χ4v) is 0.880. The van der Waals surface area contributed by atoms with Gasteiger partial charge < -0.3 is 4.74 Å². The predicted octanol–water partition coefficient (Wildman–Crippen LogP) is 1.18. The van der Waals surface area contributed by atoms with Gasteiger partial charge in [0.2, 0.25) is 0 Å². The van der Waals surface area contributed by atoms with Crippen molar-refractivity contribution < 1.29 is 13.5 Å². The summed E-state index contributed by atoms with van der Waals surface area (Å²) in [6.07, 6.45) is 0.142. The van der Waals surface area contributed by atoms with Crippen molar-refractivity contribution in [3.8, 4) is 6.07 Å². The minimum atomic E-state index is -2.94. The van der Waals surface area contributed by atoms with Crippen LogP contribution in [0.3, 0.4) is 0 Å². The summed E-state index contributed by atoms with van der Waals surface area (Å²) in [5, 5.41) is 8.24. The van der Waals surface area contributed by atoms with Crippen LogP contribution < -0.4 is 0 Å². The zero-order valence-electron chi connectivity index (χ0n) is 5.31. The van der Waals surface area contributed by atoms with E-state index in [4.69, 9.17) is 5.26 Å². The zero-order valence-corrected chi connectivity index (χ0v) is 5.31. The number of hydrogen-bond acceptors (Lipinski definition) is 2. The molecule has 0 saturated carbocycles. The van der Waals surface area contributed by atoms with E-state index in [9.17, 15) is 8.78 Å². The molecule has 1 atom stereocenters. The Labute approximate surface area is 57.4 Å². The molecule has 1 saturated heterocycles. The van der Waals surface area contributed by atoms with E-state index in [0.717, 1.165) is 0 Å². The number of ether oxygens (including phenoxy) is 1. The monoisotopic (exact) mass is 147 g/mol. The summed E-state index contributed by atoms with van der Waals surface area (Å²) in [5.74, 6) is -4.09. The average molecular weight is 147 g/mol. The molecular weight excluding hydrogens is 140 g/mol. The van der Waals surface area contributed by atoms with E-state index >= 15 is 0 Å². The molecule has 0 aliphatic carbocycles. The summed E-state index contributed by atoms with van der Waals surface area (Å²) < 4.78 is 29.6. The predicted molar refractivity (Wildman–Crippen MR) is 29.5 cm³/mol. The van der Waals surface area contributed by atoms with Gasteiger partial charge >= 0.3 is 0 Å². The molecule has 1 aliphatic rings. The molecule has 10 heavy (non-hydrogen) atoms. The van der Waals surface area contributed by atoms with E-state index in [1.165, 1.54) is 0 Å². The van der Waals surface area contributed by atoms with Gasteiger partial charge in [0.15, 0.2) is 0 Å². The summed E-state index contributed by atoms with van der Waals surface area (Å²) in [7, 11) is 0. The fraction of sp³-hybridized carbons (Fsp3) is 0.833. The molecule has 1 unspecified atom stereocenters. The highest BCUT2D eigenvalue weighted by molar-refractivity contribution is 4.94. The summed E-state index contributed by atoms with van der Waals surface area (Å²) in [6, 6.07) is 1.56. The van der Waals surface area contributed by atoms with Crippen molar-refractivity contribution in [1.29, 1.82) is 5.26 Å². The van der Waals surface area contributed by atoms with E-state index < -0.39 is 18.4 Å². The molecule has 0 aromatic rings. The Bertz CT molecular complexity index is 164. The van der Waals surface area contributed by atoms with E-state index in [1.54, 1.807) is 6.07 Å². The number of alkyl halides is 2. The highest BCUT2D eigenvalue weighted by Gasteiger charge is 2.42. The molecule has 0 bridgehead atoms. The van der Waals surface area contributed by atoms with Crippen molar-refractivity contribution in [2.75, 3.05) is 13.2 Å². The highest BCUT2D eigenvalue weighted by Crippen LogP contribution is 2.30. The largest absolute Gasteiger partial charge is 0.375 e. The van der Waals surface area contributed by atoms with Crippen molar-refractivity contribution >= 4 is 0 Å². The lowest BCUT2D eigenvalue weighted by atomic mass is 9.98. The first-order chi connectivity index (χ1) is 4.67. The maximum absolute atomic E-state index is 12.5. The van der Waals surface area contributed by atoms with Crippen LogP contribution in [0.25, 0.3) is 0 Å². The molecule has 0 N–H and O–H groups in total. The van der Waals surface area contributed by atoms with E-state index in [0.29, 0.717) is 0 Å². The van der Waals surface area contributed by atoms with Gasteiger partial charge in [-0.3, -0.25) is 0 Å². The van der Waals surface area contributed by atoms with Crippen LogP contribution in [0.4, 0.5) is 8.78 Å². The molecule has 4 heteroatoms. The zero-order chi connectivity index (χ0) is 7.61. The molecule has 2 nitrogen and oxygen atoms in total. The van der Waals surface area contributed by atoms with Crippen molar-refractivity contribution in [2.24, 2.45) is 5.92 Å². The normalized spacial score (nSPS) is 31.1. The average Bonchev–Trinajstić information content (AvgIpc) is 1.87.